The first-order chi connectivity index (χ1) is 9.73. The van der Waals surface area contributed by atoms with Gasteiger partial charge in [-0.1, -0.05) is 11.1 Å². The lowest BCUT2D eigenvalue weighted by molar-refractivity contribution is 0.143. The van der Waals surface area contributed by atoms with Gasteiger partial charge in [-0.25, -0.2) is 0 Å². The lowest BCUT2D eigenvalue weighted by Crippen LogP contribution is -2.30. The fourth-order valence-electron chi connectivity index (χ4n) is 2.82. The van der Waals surface area contributed by atoms with Gasteiger partial charge in [0.2, 0.25) is 0 Å². The Morgan fingerprint density at radius 1 is 1.10 bits per heavy atom. The third-order valence-corrected chi connectivity index (χ3v) is 5.79. The number of piperidine rings is 1. The normalized spacial score (nSPS) is 17.5. The maximum atomic E-state index is 13.1. The van der Waals surface area contributed by atoms with E-state index in [1.54, 1.807) is 0 Å². The summed E-state index contributed by atoms with van der Waals surface area (Å²) in [6.07, 6.45) is 2.44. The molecule has 1 fully saturated rings. The van der Waals surface area contributed by atoms with Gasteiger partial charge in [0.25, 0.3) is 0 Å². The number of hydrogen-bond donors (Lipinski definition) is 1. The van der Waals surface area contributed by atoms with Gasteiger partial charge in [-0.3, -0.25) is 4.57 Å². The average molecular weight is 317 g/mol. The molecule has 0 aliphatic carbocycles. The van der Waals surface area contributed by atoms with Crippen LogP contribution in [0.2, 0.25) is 0 Å². The second kappa shape index (κ2) is 8.47. The Bertz CT molecular complexity index is 380. The first-order valence-electron chi connectivity index (χ1n) is 8.06. The Labute approximate surface area is 130 Å². The fraction of sp³-hybridized carbons (Fsp3) is 0.875. The molecule has 0 aromatic carbocycles. The van der Waals surface area contributed by atoms with E-state index in [9.17, 15) is 4.57 Å². The van der Waals surface area contributed by atoms with Crippen molar-refractivity contribution in [2.24, 2.45) is 5.92 Å². The highest BCUT2D eigenvalue weighted by Crippen LogP contribution is 2.53. The van der Waals surface area contributed by atoms with Gasteiger partial charge in [0.05, 0.1) is 18.4 Å². The van der Waals surface area contributed by atoms with Crippen molar-refractivity contribution in [1.29, 1.82) is 0 Å². The summed E-state index contributed by atoms with van der Waals surface area (Å²) in [5.74, 6) is 0.496. The molecular formula is C16H32NO3P. The lowest BCUT2D eigenvalue weighted by Gasteiger charge is -2.30. The summed E-state index contributed by atoms with van der Waals surface area (Å²) in [7, 11) is -3.09. The Hall–Kier alpha value is -0.150. The molecule has 4 nitrogen and oxygen atoms in total. The van der Waals surface area contributed by atoms with E-state index < -0.39 is 7.60 Å². The molecular weight excluding hydrogens is 285 g/mol. The maximum Gasteiger partial charge on any atom is 0.335 e. The van der Waals surface area contributed by atoms with Crippen molar-refractivity contribution >= 4 is 7.60 Å². The van der Waals surface area contributed by atoms with E-state index in [0.717, 1.165) is 25.9 Å². The smallest absolute Gasteiger partial charge is 0.317 e. The summed E-state index contributed by atoms with van der Waals surface area (Å²) >= 11 is 0. The zero-order valence-electron chi connectivity index (χ0n) is 14.4. The quantitative estimate of drug-likeness (QED) is 0.559. The van der Waals surface area contributed by atoms with Gasteiger partial charge >= 0.3 is 7.60 Å². The minimum absolute atomic E-state index is 0.0963. The summed E-state index contributed by atoms with van der Waals surface area (Å²) in [4.78, 5) is 0. The minimum atomic E-state index is -3.09. The molecule has 0 unspecified atom stereocenters. The van der Waals surface area contributed by atoms with E-state index in [2.05, 4.69) is 19.2 Å². The zero-order valence-corrected chi connectivity index (χ0v) is 15.3. The van der Waals surface area contributed by atoms with Gasteiger partial charge in [-0.15, -0.1) is 0 Å². The molecule has 1 aliphatic rings. The van der Waals surface area contributed by atoms with Crippen molar-refractivity contribution in [3.05, 3.63) is 11.1 Å². The zero-order chi connectivity index (χ0) is 16.0. The van der Waals surface area contributed by atoms with Crippen molar-refractivity contribution in [3.8, 4) is 0 Å². The minimum Gasteiger partial charge on any atom is -0.317 e. The summed E-state index contributed by atoms with van der Waals surface area (Å²) in [6, 6.07) is 0. The Kier molecular flexibility index (Phi) is 7.63. The van der Waals surface area contributed by atoms with E-state index in [1.165, 1.54) is 11.1 Å². The molecule has 1 saturated heterocycles. The largest absolute Gasteiger partial charge is 0.335 e. The van der Waals surface area contributed by atoms with E-state index in [0.29, 0.717) is 12.1 Å². The van der Waals surface area contributed by atoms with Crippen molar-refractivity contribution in [2.45, 2.75) is 66.6 Å². The van der Waals surface area contributed by atoms with Crippen LogP contribution in [0.3, 0.4) is 0 Å². The Morgan fingerprint density at radius 2 is 1.57 bits per heavy atom. The molecule has 124 valence electrons. The van der Waals surface area contributed by atoms with E-state index >= 15 is 0 Å². The van der Waals surface area contributed by atoms with Gasteiger partial charge in [0.15, 0.2) is 0 Å². The van der Waals surface area contributed by atoms with Crippen molar-refractivity contribution in [2.75, 3.05) is 19.3 Å². The Balaban J connectivity index is 2.91. The highest BCUT2D eigenvalue weighted by molar-refractivity contribution is 7.54. The standard InChI is InChI=1S/C16H32NO3P/c1-12(2)16(15-7-9-17-10-8-15)11-21(18,19-13(3)4)20-14(5)6/h13-15,17H,7-11H2,1-6H3. The summed E-state index contributed by atoms with van der Waals surface area (Å²) in [5.41, 5.74) is 2.52. The first-order valence-corrected chi connectivity index (χ1v) is 9.79. The van der Waals surface area contributed by atoms with E-state index in [-0.39, 0.29) is 12.2 Å². The molecule has 0 bridgehead atoms. The highest BCUT2D eigenvalue weighted by atomic mass is 31.2. The highest BCUT2D eigenvalue weighted by Gasteiger charge is 2.32. The number of allylic oxidation sites excluding steroid dienone is 2. The molecule has 0 aromatic heterocycles. The van der Waals surface area contributed by atoms with Gasteiger partial charge < -0.3 is 14.4 Å². The molecule has 0 saturated carbocycles. The molecule has 0 radical (unpaired) electrons. The molecule has 0 aromatic rings. The molecule has 21 heavy (non-hydrogen) atoms. The molecule has 1 heterocycles. The maximum absolute atomic E-state index is 13.1. The van der Waals surface area contributed by atoms with Crippen LogP contribution in [0.25, 0.3) is 0 Å². The number of rotatable bonds is 7. The van der Waals surface area contributed by atoms with Crippen LogP contribution in [0.4, 0.5) is 0 Å². The molecule has 0 spiro atoms. The van der Waals surface area contributed by atoms with E-state index in [4.69, 9.17) is 9.05 Å². The summed E-state index contributed by atoms with van der Waals surface area (Å²) in [6.45, 7) is 13.9. The molecule has 1 aliphatic heterocycles. The van der Waals surface area contributed by atoms with Crippen LogP contribution in [0.5, 0.6) is 0 Å². The third-order valence-electron chi connectivity index (χ3n) is 3.58. The number of nitrogens with one attached hydrogen (secondary N) is 1. The van der Waals surface area contributed by atoms with Crippen LogP contribution in [-0.4, -0.2) is 31.5 Å². The topological polar surface area (TPSA) is 47.6 Å². The molecule has 5 heteroatoms. The van der Waals surface area contributed by atoms with Crippen LogP contribution in [0.15, 0.2) is 11.1 Å². The molecule has 0 amide bonds. The summed E-state index contributed by atoms with van der Waals surface area (Å²) < 4.78 is 24.5. The molecule has 1 N–H and O–H groups in total. The average Bonchev–Trinajstić information content (AvgIpc) is 2.34. The predicted molar refractivity (Wildman–Crippen MR) is 88.9 cm³/mol. The Morgan fingerprint density at radius 3 is 1.95 bits per heavy atom. The molecule has 0 atom stereocenters. The SMILES string of the molecule is CC(C)=C(CP(=O)(OC(C)C)OC(C)C)C1CCNCC1. The summed E-state index contributed by atoms with van der Waals surface area (Å²) in [5, 5.41) is 3.38. The van der Waals surface area contributed by atoms with Crippen molar-refractivity contribution in [1.82, 2.24) is 5.32 Å². The van der Waals surface area contributed by atoms with Crippen LogP contribution >= 0.6 is 7.60 Å². The van der Waals surface area contributed by atoms with Gasteiger partial charge in [0.1, 0.15) is 0 Å². The van der Waals surface area contributed by atoms with Crippen molar-refractivity contribution < 1.29 is 13.6 Å². The fourth-order valence-corrected chi connectivity index (χ4v) is 5.29. The second-order valence-electron chi connectivity index (χ2n) is 6.63. The van der Waals surface area contributed by atoms with E-state index in [1.807, 2.05) is 27.7 Å². The van der Waals surface area contributed by atoms with Gasteiger partial charge in [0, 0.05) is 0 Å². The first kappa shape index (κ1) is 18.9. The van der Waals surface area contributed by atoms with Crippen molar-refractivity contribution in [3.63, 3.8) is 0 Å². The predicted octanol–water partition coefficient (Wildman–Crippen LogP) is 4.37. The van der Waals surface area contributed by atoms with Crippen LogP contribution < -0.4 is 5.32 Å². The number of hydrogen-bond acceptors (Lipinski definition) is 4. The van der Waals surface area contributed by atoms with Gasteiger partial charge in [-0.05, 0) is 73.4 Å². The lowest BCUT2D eigenvalue weighted by atomic mass is 9.88. The van der Waals surface area contributed by atoms with Gasteiger partial charge in [-0.2, -0.15) is 0 Å². The molecule has 1 rings (SSSR count). The second-order valence-corrected chi connectivity index (χ2v) is 8.59. The third kappa shape index (κ3) is 6.65. The monoisotopic (exact) mass is 317 g/mol. The van der Waals surface area contributed by atoms with Crippen LogP contribution in [-0.2, 0) is 13.6 Å². The van der Waals surface area contributed by atoms with Crippen LogP contribution in [0, 0.1) is 5.92 Å². The van der Waals surface area contributed by atoms with Crippen LogP contribution in [0.1, 0.15) is 54.4 Å².